The van der Waals surface area contributed by atoms with Crippen molar-refractivity contribution in [3.63, 3.8) is 0 Å². The number of carbonyl (C=O) groups excluding carboxylic acids is 5. The highest BCUT2D eigenvalue weighted by Gasteiger charge is 2.29. The zero-order valence-electron chi connectivity index (χ0n) is 23.4. The Labute approximate surface area is 243 Å². The molecule has 0 aliphatic rings. The smallest absolute Gasteiger partial charge is 0.346 e. The summed E-state index contributed by atoms with van der Waals surface area (Å²) in [7, 11) is 0. The molecule has 3 aromatic rings. The molecule has 0 saturated heterocycles. The first-order valence-corrected chi connectivity index (χ1v) is 13.5. The number of amides is 4. The third-order valence-electron chi connectivity index (χ3n) is 6.53. The highest BCUT2D eigenvalue weighted by atomic mass is 16.7. The number of hydrazine groups is 1. The van der Waals surface area contributed by atoms with E-state index in [4.69, 9.17) is 10.0 Å². The van der Waals surface area contributed by atoms with Crippen LogP contribution in [0.25, 0.3) is 10.8 Å². The molecule has 0 aliphatic carbocycles. The number of hydroxylamine groups is 1. The molecule has 0 bridgehead atoms. The van der Waals surface area contributed by atoms with E-state index in [-0.39, 0.29) is 18.4 Å². The molecule has 0 saturated carbocycles. The molecule has 0 spiro atoms. The van der Waals surface area contributed by atoms with Gasteiger partial charge in [0.2, 0.25) is 17.7 Å². The van der Waals surface area contributed by atoms with Crippen LogP contribution < -0.4 is 27.1 Å². The fourth-order valence-corrected chi connectivity index (χ4v) is 4.29. The summed E-state index contributed by atoms with van der Waals surface area (Å²) >= 11 is 0. The second-order valence-corrected chi connectivity index (χ2v) is 9.75. The van der Waals surface area contributed by atoms with E-state index in [0.29, 0.717) is 12.8 Å². The number of nitrogens with one attached hydrogen (secondary N) is 5. The highest BCUT2D eigenvalue weighted by Crippen LogP contribution is 2.18. The molecule has 3 aromatic carbocycles. The number of hydrogen-bond acceptors (Lipinski definition) is 8. The van der Waals surface area contributed by atoms with Gasteiger partial charge in [-0.15, -0.1) is 0 Å². The van der Waals surface area contributed by atoms with E-state index < -0.39 is 47.6 Å². The number of fused-ring (bicyclic) bond motifs is 1. The van der Waals surface area contributed by atoms with Crippen molar-refractivity contribution in [3.05, 3.63) is 83.9 Å². The molecule has 0 aromatic heterocycles. The molecule has 6 N–H and O–H groups in total. The molecule has 3 atom stereocenters. The molecule has 3 rings (SSSR count). The number of rotatable bonds is 14. The molecule has 222 valence electrons. The van der Waals surface area contributed by atoms with Gasteiger partial charge in [0.15, 0.2) is 0 Å². The molecule has 42 heavy (non-hydrogen) atoms. The van der Waals surface area contributed by atoms with Crippen molar-refractivity contribution in [2.24, 2.45) is 5.92 Å². The summed E-state index contributed by atoms with van der Waals surface area (Å²) in [6.45, 7) is 3.27. The molecule has 1 unspecified atom stereocenters. The van der Waals surface area contributed by atoms with Crippen LogP contribution in [0.1, 0.15) is 49.0 Å². The highest BCUT2D eigenvalue weighted by molar-refractivity contribution is 5.94. The van der Waals surface area contributed by atoms with Crippen molar-refractivity contribution in [1.29, 1.82) is 0 Å². The summed E-state index contributed by atoms with van der Waals surface area (Å²) < 4.78 is 0. The summed E-state index contributed by atoms with van der Waals surface area (Å²) in [6, 6.07) is 19.3. The van der Waals surface area contributed by atoms with E-state index >= 15 is 0 Å². The van der Waals surface area contributed by atoms with Crippen molar-refractivity contribution in [2.75, 3.05) is 0 Å². The summed E-state index contributed by atoms with van der Waals surface area (Å²) in [4.78, 5) is 67.7. The molecule has 0 radical (unpaired) electrons. The number of hydrogen-bond donors (Lipinski definition) is 6. The lowest BCUT2D eigenvalue weighted by Crippen LogP contribution is -2.55. The minimum Gasteiger partial charge on any atom is -0.346 e. The average molecular weight is 578 g/mol. The van der Waals surface area contributed by atoms with Gasteiger partial charge < -0.3 is 15.5 Å². The lowest BCUT2D eigenvalue weighted by Gasteiger charge is -2.24. The number of carbonyl (C=O) groups is 5. The molecule has 4 amide bonds. The first kappa shape index (κ1) is 31.7. The maximum atomic E-state index is 13.4. The summed E-state index contributed by atoms with van der Waals surface area (Å²) in [5.41, 5.74) is 6.85. The molecule has 0 aliphatic heterocycles. The van der Waals surface area contributed by atoms with E-state index in [1.54, 1.807) is 30.3 Å². The van der Waals surface area contributed by atoms with Gasteiger partial charge in [-0.3, -0.25) is 29.8 Å². The zero-order valence-corrected chi connectivity index (χ0v) is 23.4. The lowest BCUT2D eigenvalue weighted by molar-refractivity contribution is -0.137. The third-order valence-corrected chi connectivity index (χ3v) is 6.53. The van der Waals surface area contributed by atoms with E-state index in [1.807, 2.05) is 49.4 Å². The molecular formula is C30H35N5O7. The van der Waals surface area contributed by atoms with Gasteiger partial charge in [-0.05, 0) is 41.8 Å². The molecule has 0 heterocycles. The van der Waals surface area contributed by atoms with Crippen LogP contribution in [-0.4, -0.2) is 46.9 Å². The molecular weight excluding hydrogens is 542 g/mol. The normalized spacial score (nSPS) is 12.8. The Morgan fingerprint density at radius 1 is 0.833 bits per heavy atom. The van der Waals surface area contributed by atoms with Crippen LogP contribution in [0.3, 0.4) is 0 Å². The van der Waals surface area contributed by atoms with Crippen molar-refractivity contribution >= 4 is 40.4 Å². The van der Waals surface area contributed by atoms with E-state index in [1.165, 1.54) is 12.4 Å². The Kier molecular flexibility index (Phi) is 12.0. The van der Waals surface area contributed by atoms with Crippen molar-refractivity contribution in [3.8, 4) is 0 Å². The van der Waals surface area contributed by atoms with Gasteiger partial charge in [0.25, 0.3) is 5.91 Å². The topological polar surface area (TPSA) is 175 Å². The predicted octanol–water partition coefficient (Wildman–Crippen LogP) is 2.08. The fraction of sp³-hybridized carbons (Fsp3) is 0.300. The maximum Gasteiger partial charge on any atom is 0.358 e. The Hall–Kier alpha value is -4.81. The molecule has 12 heteroatoms. The SMILES string of the molecule is CCCC(CC(=O)NO)C(=O)N[C@@H](Cc1ccc2ccccc2c1)C(=O)N[C@@H](C)C(=O)NNOC(=O)c1ccccc1. The fourth-order valence-electron chi connectivity index (χ4n) is 4.29. The lowest BCUT2D eigenvalue weighted by atomic mass is 9.96. The first-order chi connectivity index (χ1) is 20.2. The van der Waals surface area contributed by atoms with Crippen LogP contribution in [0.15, 0.2) is 72.8 Å². The van der Waals surface area contributed by atoms with Crippen LogP contribution in [0.4, 0.5) is 0 Å². The Morgan fingerprint density at radius 2 is 1.52 bits per heavy atom. The largest absolute Gasteiger partial charge is 0.358 e. The van der Waals surface area contributed by atoms with E-state index in [9.17, 15) is 24.0 Å². The van der Waals surface area contributed by atoms with Gasteiger partial charge in [-0.2, -0.15) is 0 Å². The van der Waals surface area contributed by atoms with Crippen molar-refractivity contribution < 1.29 is 34.0 Å². The quantitative estimate of drug-likeness (QED) is 0.125. The van der Waals surface area contributed by atoms with Gasteiger partial charge in [-0.1, -0.05) is 79.6 Å². The van der Waals surface area contributed by atoms with Crippen LogP contribution >= 0.6 is 0 Å². The molecule has 0 fully saturated rings. The Bertz CT molecular complexity index is 1400. The Balaban J connectivity index is 1.68. The Morgan fingerprint density at radius 3 is 2.21 bits per heavy atom. The second kappa shape index (κ2) is 15.8. The van der Waals surface area contributed by atoms with E-state index in [2.05, 4.69) is 21.6 Å². The minimum atomic E-state index is -1.09. The van der Waals surface area contributed by atoms with Gasteiger partial charge in [-0.25, -0.2) is 10.3 Å². The second-order valence-electron chi connectivity index (χ2n) is 9.75. The van der Waals surface area contributed by atoms with Crippen LogP contribution in [0.2, 0.25) is 0 Å². The van der Waals surface area contributed by atoms with Gasteiger partial charge in [0.05, 0.1) is 5.56 Å². The predicted molar refractivity (Wildman–Crippen MR) is 153 cm³/mol. The summed E-state index contributed by atoms with van der Waals surface area (Å²) in [5.74, 6) is -4.09. The van der Waals surface area contributed by atoms with E-state index in [0.717, 1.165) is 16.3 Å². The third kappa shape index (κ3) is 9.39. The number of benzene rings is 3. The standard InChI is InChI=1S/C30H35N5O7/c1-3-9-24(18-26(36)34-41)28(38)32-25(17-20-14-15-21-10-7-8-13-23(21)16-20)29(39)31-19(2)27(37)33-35-42-30(40)22-11-5-4-6-12-22/h4-8,10-16,19,24-25,35,41H,3,9,17-18H2,1-2H3,(H,31,39)(H,32,38)(H,33,37)(H,34,36)/t19-,24?,25-/m0/s1. The monoisotopic (exact) mass is 577 g/mol. The van der Waals surface area contributed by atoms with Crippen molar-refractivity contribution in [2.45, 2.75) is 51.6 Å². The van der Waals surface area contributed by atoms with Crippen LogP contribution in [-0.2, 0) is 30.4 Å². The zero-order chi connectivity index (χ0) is 30.5. The van der Waals surface area contributed by atoms with Crippen LogP contribution in [0.5, 0.6) is 0 Å². The van der Waals surface area contributed by atoms with Gasteiger partial charge >= 0.3 is 5.97 Å². The van der Waals surface area contributed by atoms with Crippen LogP contribution in [0, 0.1) is 5.92 Å². The van der Waals surface area contributed by atoms with Gasteiger partial charge in [0.1, 0.15) is 12.1 Å². The first-order valence-electron chi connectivity index (χ1n) is 13.5. The summed E-state index contributed by atoms with van der Waals surface area (Å²) in [6.07, 6.45) is 0.800. The minimum absolute atomic E-state index is 0.106. The summed E-state index contributed by atoms with van der Waals surface area (Å²) in [5, 5.41) is 16.2. The molecule has 12 nitrogen and oxygen atoms in total. The maximum absolute atomic E-state index is 13.4. The average Bonchev–Trinajstić information content (AvgIpc) is 3.00. The van der Waals surface area contributed by atoms with Crippen molar-refractivity contribution in [1.82, 2.24) is 27.1 Å². The van der Waals surface area contributed by atoms with Gasteiger partial charge in [0, 0.05) is 18.8 Å².